The molecular formula is C21H29N5O3S. The van der Waals surface area contributed by atoms with Gasteiger partial charge in [-0.2, -0.15) is 4.37 Å². The SMILES string of the molecule is CCCC(C(=O)NCCC(C)C)N(C(=O)c1snc(C(N)=O)c1N)c1ccccc1. The molecule has 2 aromatic rings. The number of hydrogen-bond donors (Lipinski definition) is 3. The minimum atomic E-state index is -0.800. The van der Waals surface area contributed by atoms with Crippen LogP contribution in [-0.2, 0) is 4.79 Å². The van der Waals surface area contributed by atoms with Gasteiger partial charge in [0.25, 0.3) is 11.8 Å². The van der Waals surface area contributed by atoms with Crippen molar-refractivity contribution < 1.29 is 14.4 Å². The summed E-state index contributed by atoms with van der Waals surface area (Å²) in [6, 6.07) is 8.20. The number of nitrogens with two attached hydrogens (primary N) is 2. The van der Waals surface area contributed by atoms with Crippen LogP contribution < -0.4 is 21.7 Å². The smallest absolute Gasteiger partial charge is 0.272 e. The molecule has 8 nitrogen and oxygen atoms in total. The van der Waals surface area contributed by atoms with Crippen LogP contribution in [0.5, 0.6) is 0 Å². The standard InChI is InChI=1S/C21H29N5O3S/c1-4-8-15(20(28)24-12-11-13(2)3)26(14-9-6-5-7-10-14)21(29)18-16(22)17(19(23)27)25-30-18/h5-7,9-10,13,15H,4,8,11-12,22H2,1-3H3,(H2,23,27)(H,24,28). The molecule has 0 aliphatic heterocycles. The first kappa shape index (κ1) is 23.3. The molecular weight excluding hydrogens is 402 g/mol. The average molecular weight is 432 g/mol. The van der Waals surface area contributed by atoms with Crippen LogP contribution >= 0.6 is 11.5 Å². The monoisotopic (exact) mass is 431 g/mol. The number of nitrogens with zero attached hydrogens (tertiary/aromatic N) is 2. The Bertz CT molecular complexity index is 882. The van der Waals surface area contributed by atoms with Crippen LogP contribution in [0.25, 0.3) is 0 Å². The van der Waals surface area contributed by atoms with Gasteiger partial charge in [-0.25, -0.2) is 0 Å². The van der Waals surface area contributed by atoms with Crippen LogP contribution in [-0.4, -0.2) is 34.7 Å². The molecule has 0 aliphatic carbocycles. The first-order valence-electron chi connectivity index (χ1n) is 9.99. The second kappa shape index (κ2) is 10.7. The van der Waals surface area contributed by atoms with Crippen molar-refractivity contribution in [3.8, 4) is 0 Å². The van der Waals surface area contributed by atoms with Crippen molar-refractivity contribution in [2.45, 2.75) is 46.1 Å². The van der Waals surface area contributed by atoms with Crippen molar-refractivity contribution in [3.05, 3.63) is 40.9 Å². The number of amides is 3. The Morgan fingerprint density at radius 2 is 1.83 bits per heavy atom. The van der Waals surface area contributed by atoms with Crippen LogP contribution in [0.15, 0.2) is 30.3 Å². The Morgan fingerprint density at radius 3 is 2.37 bits per heavy atom. The highest BCUT2D eigenvalue weighted by atomic mass is 32.1. The Balaban J connectivity index is 2.43. The van der Waals surface area contributed by atoms with E-state index >= 15 is 0 Å². The Morgan fingerprint density at radius 1 is 1.17 bits per heavy atom. The number of hydrogen-bond acceptors (Lipinski definition) is 6. The Hall–Kier alpha value is -2.94. The number of carbonyl (C=O) groups excluding carboxylic acids is 3. The summed E-state index contributed by atoms with van der Waals surface area (Å²) in [5, 5.41) is 2.94. The summed E-state index contributed by atoms with van der Waals surface area (Å²) >= 11 is 0.806. The molecule has 0 saturated heterocycles. The molecule has 1 unspecified atom stereocenters. The lowest BCUT2D eigenvalue weighted by Gasteiger charge is -2.31. The molecule has 1 atom stereocenters. The quantitative estimate of drug-likeness (QED) is 0.532. The summed E-state index contributed by atoms with van der Waals surface area (Å²) in [5.74, 6) is -1.06. The van der Waals surface area contributed by atoms with E-state index in [1.54, 1.807) is 24.3 Å². The molecule has 2 rings (SSSR count). The van der Waals surface area contributed by atoms with E-state index in [0.29, 0.717) is 31.0 Å². The number of rotatable bonds is 10. The molecule has 5 N–H and O–H groups in total. The number of para-hydroxylation sites is 1. The number of primary amides is 1. The van der Waals surface area contributed by atoms with Gasteiger partial charge in [0.1, 0.15) is 10.9 Å². The first-order chi connectivity index (χ1) is 14.3. The fourth-order valence-electron chi connectivity index (χ4n) is 3.02. The summed E-state index contributed by atoms with van der Waals surface area (Å²) in [5.41, 5.74) is 11.6. The molecule has 0 spiro atoms. The Kier molecular flexibility index (Phi) is 8.35. The summed E-state index contributed by atoms with van der Waals surface area (Å²) in [6.45, 7) is 6.65. The normalized spacial score (nSPS) is 11.9. The number of benzene rings is 1. The van der Waals surface area contributed by atoms with E-state index in [1.165, 1.54) is 4.90 Å². The van der Waals surface area contributed by atoms with Gasteiger partial charge in [-0.15, -0.1) is 0 Å². The zero-order valence-corrected chi connectivity index (χ0v) is 18.4. The van der Waals surface area contributed by atoms with Gasteiger partial charge in [0, 0.05) is 12.2 Å². The number of aromatic nitrogens is 1. The van der Waals surface area contributed by atoms with E-state index in [2.05, 4.69) is 23.5 Å². The fraction of sp³-hybridized carbons (Fsp3) is 0.429. The van der Waals surface area contributed by atoms with E-state index in [4.69, 9.17) is 11.5 Å². The molecule has 1 aromatic carbocycles. The van der Waals surface area contributed by atoms with Crippen LogP contribution in [0.1, 0.15) is 60.2 Å². The molecule has 30 heavy (non-hydrogen) atoms. The zero-order chi connectivity index (χ0) is 22.3. The molecule has 0 aliphatic rings. The van der Waals surface area contributed by atoms with Gasteiger partial charge in [-0.1, -0.05) is 45.4 Å². The molecule has 0 fully saturated rings. The van der Waals surface area contributed by atoms with Crippen molar-refractivity contribution >= 4 is 40.6 Å². The van der Waals surface area contributed by atoms with E-state index in [9.17, 15) is 14.4 Å². The number of nitrogens with one attached hydrogen (secondary N) is 1. The predicted molar refractivity (Wildman–Crippen MR) is 119 cm³/mol. The maximum Gasteiger partial charge on any atom is 0.272 e. The van der Waals surface area contributed by atoms with Crippen molar-refractivity contribution in [2.75, 3.05) is 17.2 Å². The third-order valence-corrected chi connectivity index (χ3v) is 5.46. The van der Waals surface area contributed by atoms with Gasteiger partial charge in [0.2, 0.25) is 5.91 Å². The average Bonchev–Trinajstić information content (AvgIpc) is 3.09. The van der Waals surface area contributed by atoms with E-state index in [-0.39, 0.29) is 22.2 Å². The van der Waals surface area contributed by atoms with E-state index in [0.717, 1.165) is 18.0 Å². The third kappa shape index (κ3) is 5.56. The molecule has 9 heteroatoms. The number of nitrogen functional groups attached to an aromatic ring is 1. The highest BCUT2D eigenvalue weighted by molar-refractivity contribution is 7.09. The highest BCUT2D eigenvalue weighted by Crippen LogP contribution is 2.28. The van der Waals surface area contributed by atoms with Crippen LogP contribution in [0, 0.1) is 5.92 Å². The summed E-state index contributed by atoms with van der Waals surface area (Å²) in [6.07, 6.45) is 2.01. The number of anilines is 2. The highest BCUT2D eigenvalue weighted by Gasteiger charge is 2.34. The lowest BCUT2D eigenvalue weighted by atomic mass is 10.1. The maximum absolute atomic E-state index is 13.5. The summed E-state index contributed by atoms with van der Waals surface area (Å²) in [7, 11) is 0. The summed E-state index contributed by atoms with van der Waals surface area (Å²) < 4.78 is 3.93. The van der Waals surface area contributed by atoms with Crippen molar-refractivity contribution in [3.63, 3.8) is 0 Å². The van der Waals surface area contributed by atoms with Gasteiger partial charge >= 0.3 is 0 Å². The number of carbonyl (C=O) groups is 3. The van der Waals surface area contributed by atoms with E-state index in [1.807, 2.05) is 13.0 Å². The molecule has 3 amide bonds. The lowest BCUT2D eigenvalue weighted by molar-refractivity contribution is -0.122. The molecule has 1 aromatic heterocycles. The molecule has 0 saturated carbocycles. The van der Waals surface area contributed by atoms with Crippen LogP contribution in [0.4, 0.5) is 11.4 Å². The van der Waals surface area contributed by atoms with Gasteiger partial charge < -0.3 is 16.8 Å². The molecule has 1 heterocycles. The molecule has 162 valence electrons. The summed E-state index contributed by atoms with van der Waals surface area (Å²) in [4.78, 5) is 39.6. The zero-order valence-electron chi connectivity index (χ0n) is 17.6. The van der Waals surface area contributed by atoms with Crippen LogP contribution in [0.2, 0.25) is 0 Å². The topological polar surface area (TPSA) is 131 Å². The van der Waals surface area contributed by atoms with Gasteiger partial charge in [-0.05, 0) is 42.4 Å². The second-order valence-electron chi connectivity index (χ2n) is 7.43. The first-order valence-corrected chi connectivity index (χ1v) is 10.8. The minimum Gasteiger partial charge on any atom is -0.395 e. The van der Waals surface area contributed by atoms with Crippen molar-refractivity contribution in [2.24, 2.45) is 11.7 Å². The second-order valence-corrected chi connectivity index (χ2v) is 8.20. The minimum absolute atomic E-state index is 0.0612. The predicted octanol–water partition coefficient (Wildman–Crippen LogP) is 2.80. The molecule has 0 bridgehead atoms. The largest absolute Gasteiger partial charge is 0.395 e. The molecule has 0 radical (unpaired) electrons. The van der Waals surface area contributed by atoms with E-state index < -0.39 is 17.9 Å². The van der Waals surface area contributed by atoms with Crippen molar-refractivity contribution in [1.29, 1.82) is 0 Å². The van der Waals surface area contributed by atoms with Gasteiger partial charge in [0.15, 0.2) is 5.69 Å². The van der Waals surface area contributed by atoms with Crippen LogP contribution in [0.3, 0.4) is 0 Å². The lowest BCUT2D eigenvalue weighted by Crippen LogP contribution is -2.50. The van der Waals surface area contributed by atoms with Crippen molar-refractivity contribution in [1.82, 2.24) is 9.69 Å². The third-order valence-electron chi connectivity index (χ3n) is 4.61. The fourth-order valence-corrected chi connectivity index (χ4v) is 3.76. The Labute approximate surface area is 180 Å². The van der Waals surface area contributed by atoms with Gasteiger partial charge in [-0.3, -0.25) is 19.3 Å². The maximum atomic E-state index is 13.5. The van der Waals surface area contributed by atoms with Gasteiger partial charge in [0.05, 0.1) is 5.69 Å².